The van der Waals surface area contributed by atoms with Gasteiger partial charge in [0.15, 0.2) is 0 Å². The molecule has 3 N–H and O–H groups in total. The van der Waals surface area contributed by atoms with Crippen LogP contribution in [0.2, 0.25) is 0 Å². The van der Waals surface area contributed by atoms with Crippen LogP contribution in [0.25, 0.3) is 0 Å². The van der Waals surface area contributed by atoms with Gasteiger partial charge in [0.2, 0.25) is 0 Å². The summed E-state index contributed by atoms with van der Waals surface area (Å²) in [7, 11) is 0. The zero-order valence-corrected chi connectivity index (χ0v) is 16.4. The summed E-state index contributed by atoms with van der Waals surface area (Å²) in [6.07, 6.45) is 7.44. The Balaban J connectivity index is 4.64. The highest BCUT2D eigenvalue weighted by Gasteiger charge is 2.25. The first-order valence-corrected chi connectivity index (χ1v) is 9.66. The van der Waals surface area contributed by atoms with Gasteiger partial charge in [0.05, 0.1) is 6.17 Å². The maximum absolute atomic E-state index is 6.46. The summed E-state index contributed by atoms with van der Waals surface area (Å²) in [6.45, 7) is 18.2. The van der Waals surface area contributed by atoms with Gasteiger partial charge in [-0.15, -0.1) is 0 Å². The molecule has 0 aromatic carbocycles. The first kappa shape index (κ1) is 21.9. The lowest BCUT2D eigenvalue weighted by atomic mass is 9.87. The number of rotatable bonds is 13. The predicted molar refractivity (Wildman–Crippen MR) is 100 cm³/mol. The Kier molecular flexibility index (Phi) is 11.4. The molecule has 0 bridgehead atoms. The fraction of sp³-hybridized carbons (Fsp3) is 1.00. The van der Waals surface area contributed by atoms with Crippen LogP contribution < -0.4 is 11.1 Å². The van der Waals surface area contributed by atoms with E-state index in [9.17, 15) is 0 Å². The lowest BCUT2D eigenvalue weighted by Crippen LogP contribution is -2.53. The van der Waals surface area contributed by atoms with Crippen molar-refractivity contribution in [3.63, 3.8) is 0 Å². The van der Waals surface area contributed by atoms with Crippen molar-refractivity contribution in [1.29, 1.82) is 0 Å². The van der Waals surface area contributed by atoms with Gasteiger partial charge in [-0.05, 0) is 58.0 Å². The van der Waals surface area contributed by atoms with Crippen molar-refractivity contribution >= 4 is 0 Å². The molecule has 3 heteroatoms. The summed E-state index contributed by atoms with van der Waals surface area (Å²) in [5, 5.41) is 3.89. The van der Waals surface area contributed by atoms with Crippen LogP contribution in [-0.4, -0.2) is 35.7 Å². The van der Waals surface area contributed by atoms with Crippen molar-refractivity contribution in [1.82, 2.24) is 10.2 Å². The number of nitrogens with zero attached hydrogens (tertiary/aromatic N) is 1. The second-order valence-corrected chi connectivity index (χ2v) is 7.11. The molecule has 0 heterocycles. The predicted octanol–water partition coefficient (Wildman–Crippen LogP) is 4.37. The largest absolute Gasteiger partial charge is 0.325 e. The highest BCUT2D eigenvalue weighted by molar-refractivity contribution is 4.84. The smallest absolute Gasteiger partial charge is 0.0625 e. The SMILES string of the molecule is CCCC(C)C(NC(C)CCC(N)(CC)CC)N(CC)CC. The van der Waals surface area contributed by atoms with Crippen molar-refractivity contribution in [2.75, 3.05) is 13.1 Å². The van der Waals surface area contributed by atoms with Crippen LogP contribution >= 0.6 is 0 Å². The second kappa shape index (κ2) is 11.4. The molecule has 0 spiro atoms. The van der Waals surface area contributed by atoms with Gasteiger partial charge in [0.1, 0.15) is 0 Å². The average Bonchev–Trinajstić information content (AvgIpc) is 2.53. The Morgan fingerprint density at radius 1 is 0.955 bits per heavy atom. The fourth-order valence-corrected chi connectivity index (χ4v) is 3.34. The third-order valence-electron chi connectivity index (χ3n) is 5.43. The third-order valence-corrected chi connectivity index (χ3v) is 5.43. The Morgan fingerprint density at radius 2 is 1.50 bits per heavy atom. The lowest BCUT2D eigenvalue weighted by molar-refractivity contribution is 0.111. The molecule has 3 nitrogen and oxygen atoms in total. The van der Waals surface area contributed by atoms with Crippen LogP contribution in [0.3, 0.4) is 0 Å². The summed E-state index contributed by atoms with van der Waals surface area (Å²) in [6, 6.07) is 0.519. The number of hydrogen-bond donors (Lipinski definition) is 2. The topological polar surface area (TPSA) is 41.3 Å². The summed E-state index contributed by atoms with van der Waals surface area (Å²) >= 11 is 0. The normalized spacial score (nSPS) is 16.8. The van der Waals surface area contributed by atoms with Gasteiger partial charge in [-0.2, -0.15) is 0 Å². The molecule has 0 radical (unpaired) electrons. The van der Waals surface area contributed by atoms with Crippen LogP contribution in [0.4, 0.5) is 0 Å². The van der Waals surface area contributed by atoms with E-state index in [1.807, 2.05) is 0 Å². The maximum Gasteiger partial charge on any atom is 0.0625 e. The number of nitrogens with two attached hydrogens (primary N) is 1. The Bertz CT molecular complexity index is 259. The van der Waals surface area contributed by atoms with E-state index in [0.717, 1.165) is 38.8 Å². The van der Waals surface area contributed by atoms with Crippen molar-refractivity contribution in [3.05, 3.63) is 0 Å². The molecule has 22 heavy (non-hydrogen) atoms. The van der Waals surface area contributed by atoms with Crippen molar-refractivity contribution in [2.45, 2.75) is 105 Å². The quantitative estimate of drug-likeness (QED) is 0.496. The molecule has 134 valence electrons. The van der Waals surface area contributed by atoms with Crippen LogP contribution in [0, 0.1) is 5.92 Å². The van der Waals surface area contributed by atoms with Gasteiger partial charge < -0.3 is 5.73 Å². The summed E-state index contributed by atoms with van der Waals surface area (Å²) in [4.78, 5) is 2.56. The van der Waals surface area contributed by atoms with Crippen LogP contribution in [0.15, 0.2) is 0 Å². The third kappa shape index (κ3) is 7.43. The first-order valence-electron chi connectivity index (χ1n) is 9.66. The molecule has 0 amide bonds. The van der Waals surface area contributed by atoms with Crippen LogP contribution in [0.1, 0.15) is 87.0 Å². The van der Waals surface area contributed by atoms with Crippen molar-refractivity contribution in [2.24, 2.45) is 11.7 Å². The molecule has 0 saturated heterocycles. The summed E-state index contributed by atoms with van der Waals surface area (Å²) in [5.74, 6) is 0.687. The van der Waals surface area contributed by atoms with E-state index in [4.69, 9.17) is 5.73 Å². The van der Waals surface area contributed by atoms with E-state index >= 15 is 0 Å². The van der Waals surface area contributed by atoms with E-state index in [-0.39, 0.29) is 5.54 Å². The van der Waals surface area contributed by atoms with Crippen LogP contribution in [-0.2, 0) is 0 Å². The van der Waals surface area contributed by atoms with E-state index in [2.05, 4.69) is 58.7 Å². The van der Waals surface area contributed by atoms with Crippen LogP contribution in [0.5, 0.6) is 0 Å². The molecule has 0 aliphatic rings. The molecule has 0 saturated carbocycles. The minimum atomic E-state index is 0.0235. The summed E-state index contributed by atoms with van der Waals surface area (Å²) in [5.41, 5.74) is 6.48. The van der Waals surface area contributed by atoms with Gasteiger partial charge in [0, 0.05) is 11.6 Å². The number of hydrogen-bond acceptors (Lipinski definition) is 3. The minimum Gasteiger partial charge on any atom is -0.325 e. The van der Waals surface area contributed by atoms with Gasteiger partial charge in [-0.25, -0.2) is 0 Å². The van der Waals surface area contributed by atoms with E-state index in [1.54, 1.807) is 0 Å². The van der Waals surface area contributed by atoms with E-state index in [1.165, 1.54) is 12.8 Å². The Hall–Kier alpha value is -0.120. The second-order valence-electron chi connectivity index (χ2n) is 7.11. The highest BCUT2D eigenvalue weighted by Crippen LogP contribution is 2.21. The average molecular weight is 314 g/mol. The zero-order chi connectivity index (χ0) is 17.2. The van der Waals surface area contributed by atoms with Gasteiger partial charge in [0.25, 0.3) is 0 Å². The highest BCUT2D eigenvalue weighted by atomic mass is 15.3. The lowest BCUT2D eigenvalue weighted by Gasteiger charge is -2.38. The number of nitrogens with one attached hydrogen (secondary N) is 1. The molecule has 0 aromatic rings. The maximum atomic E-state index is 6.46. The molecular weight excluding hydrogens is 270 g/mol. The molecule has 3 atom stereocenters. The van der Waals surface area contributed by atoms with E-state index < -0.39 is 0 Å². The van der Waals surface area contributed by atoms with Crippen molar-refractivity contribution < 1.29 is 0 Å². The molecule has 0 rings (SSSR count). The Morgan fingerprint density at radius 3 is 1.91 bits per heavy atom. The molecule has 0 aliphatic heterocycles. The van der Waals surface area contributed by atoms with Crippen molar-refractivity contribution in [3.8, 4) is 0 Å². The zero-order valence-electron chi connectivity index (χ0n) is 16.4. The molecule has 0 aromatic heterocycles. The minimum absolute atomic E-state index is 0.0235. The Labute approximate surface area is 140 Å². The standard InChI is InChI=1S/C19H43N3/c1-8-13-16(6)18(22(11-4)12-5)21-17(7)14-15-19(20,9-2)10-3/h16-18,21H,8-15,20H2,1-7H3. The molecular formula is C19H43N3. The first-order chi connectivity index (χ1) is 10.4. The van der Waals surface area contributed by atoms with Gasteiger partial charge in [-0.1, -0.05) is 48.0 Å². The van der Waals surface area contributed by atoms with E-state index in [0.29, 0.717) is 18.1 Å². The molecule has 0 aliphatic carbocycles. The monoisotopic (exact) mass is 313 g/mol. The van der Waals surface area contributed by atoms with Gasteiger partial charge >= 0.3 is 0 Å². The van der Waals surface area contributed by atoms with Gasteiger partial charge in [-0.3, -0.25) is 10.2 Å². The molecule has 0 fully saturated rings. The summed E-state index contributed by atoms with van der Waals surface area (Å²) < 4.78 is 0. The molecule has 3 unspecified atom stereocenters. The fourth-order valence-electron chi connectivity index (χ4n) is 3.34.